The first-order chi connectivity index (χ1) is 15.0. The standard InChI is InChI=1S/C23H26N6O2/c1-3-28-8-10-29(11-9-28)23(31)18-5-7-21(26-15-18)27-22(30)20(14-25)19-6-4-17(13-24)12-16(19)2/h4-7,12,14-15,25,30H,3,8-11H2,1-2H3,(H,26,27)/b22-20-,25-14?. The van der Waals surface area contributed by atoms with Crippen LogP contribution >= 0.6 is 0 Å². The number of carbonyl (C=O) groups excluding carboxylic acids is 1. The summed E-state index contributed by atoms with van der Waals surface area (Å²) in [6, 6.07) is 10.4. The molecule has 2 aromatic rings. The summed E-state index contributed by atoms with van der Waals surface area (Å²) in [5, 5.41) is 30.0. The van der Waals surface area contributed by atoms with Crippen molar-refractivity contribution in [1.29, 1.82) is 10.7 Å². The van der Waals surface area contributed by atoms with Crippen molar-refractivity contribution in [3.8, 4) is 6.07 Å². The van der Waals surface area contributed by atoms with Gasteiger partial charge in [-0.2, -0.15) is 5.26 Å². The molecule has 0 radical (unpaired) electrons. The van der Waals surface area contributed by atoms with Gasteiger partial charge in [-0.1, -0.05) is 13.0 Å². The molecular formula is C23H26N6O2. The second-order valence-corrected chi connectivity index (χ2v) is 7.33. The van der Waals surface area contributed by atoms with Crippen molar-refractivity contribution in [2.75, 3.05) is 38.0 Å². The van der Waals surface area contributed by atoms with Gasteiger partial charge in [0.05, 0.1) is 22.8 Å². The maximum absolute atomic E-state index is 12.7. The highest BCUT2D eigenvalue weighted by atomic mass is 16.3. The maximum Gasteiger partial charge on any atom is 0.255 e. The molecule has 1 aliphatic heterocycles. The third kappa shape index (κ3) is 5.08. The lowest BCUT2D eigenvalue weighted by Crippen LogP contribution is -2.48. The monoisotopic (exact) mass is 418 g/mol. The van der Waals surface area contributed by atoms with Crippen LogP contribution in [-0.4, -0.2) is 64.7 Å². The number of rotatable bonds is 6. The fraction of sp³-hybridized carbons (Fsp3) is 0.304. The van der Waals surface area contributed by atoms with Crippen molar-refractivity contribution >= 4 is 23.5 Å². The molecule has 3 N–H and O–H groups in total. The number of nitriles is 1. The molecule has 1 saturated heterocycles. The zero-order valence-corrected chi connectivity index (χ0v) is 17.7. The summed E-state index contributed by atoms with van der Waals surface area (Å²) in [5.41, 5.74) is 2.68. The number of amides is 1. The number of benzene rings is 1. The predicted molar refractivity (Wildman–Crippen MR) is 120 cm³/mol. The highest BCUT2D eigenvalue weighted by Crippen LogP contribution is 2.22. The Hall–Kier alpha value is -3.70. The molecular weight excluding hydrogens is 392 g/mol. The first-order valence-corrected chi connectivity index (χ1v) is 10.2. The third-order valence-corrected chi connectivity index (χ3v) is 5.41. The van der Waals surface area contributed by atoms with Gasteiger partial charge in [-0.05, 0) is 48.9 Å². The Bertz CT molecular complexity index is 1030. The molecule has 0 saturated carbocycles. The van der Waals surface area contributed by atoms with Gasteiger partial charge in [0.15, 0.2) is 5.88 Å². The number of pyridine rings is 1. The topological polar surface area (TPSA) is 116 Å². The van der Waals surface area contributed by atoms with Gasteiger partial charge >= 0.3 is 0 Å². The van der Waals surface area contributed by atoms with Crippen LogP contribution in [0.3, 0.4) is 0 Å². The molecule has 3 rings (SSSR count). The number of nitrogens with zero attached hydrogens (tertiary/aromatic N) is 4. The fourth-order valence-corrected chi connectivity index (χ4v) is 3.54. The quantitative estimate of drug-likeness (QED) is 0.490. The normalized spacial score (nSPS) is 15.1. The molecule has 8 nitrogen and oxygen atoms in total. The zero-order chi connectivity index (χ0) is 22.4. The van der Waals surface area contributed by atoms with Crippen LogP contribution < -0.4 is 5.32 Å². The van der Waals surface area contributed by atoms with Crippen LogP contribution in [0.25, 0.3) is 5.57 Å². The van der Waals surface area contributed by atoms with Gasteiger partial charge in [-0.25, -0.2) is 4.98 Å². The van der Waals surface area contributed by atoms with E-state index in [9.17, 15) is 9.90 Å². The smallest absolute Gasteiger partial charge is 0.255 e. The number of piperazine rings is 1. The van der Waals surface area contributed by atoms with Gasteiger partial charge in [0.2, 0.25) is 0 Å². The van der Waals surface area contributed by atoms with Crippen molar-refractivity contribution < 1.29 is 9.90 Å². The van der Waals surface area contributed by atoms with Crippen molar-refractivity contribution in [3.63, 3.8) is 0 Å². The molecule has 2 heterocycles. The van der Waals surface area contributed by atoms with Gasteiger partial charge in [-0.15, -0.1) is 0 Å². The van der Waals surface area contributed by atoms with Crippen molar-refractivity contribution in [3.05, 3.63) is 64.7 Å². The lowest BCUT2D eigenvalue weighted by atomic mass is 9.99. The Kier molecular flexibility index (Phi) is 7.00. The highest BCUT2D eigenvalue weighted by Gasteiger charge is 2.21. The summed E-state index contributed by atoms with van der Waals surface area (Å²) in [7, 11) is 0. The number of aromatic nitrogens is 1. The minimum atomic E-state index is -0.231. The number of aryl methyl sites for hydroxylation is 1. The van der Waals surface area contributed by atoms with E-state index in [4.69, 9.17) is 10.7 Å². The fourth-order valence-electron chi connectivity index (χ4n) is 3.54. The van der Waals surface area contributed by atoms with Gasteiger partial charge < -0.3 is 25.6 Å². The van der Waals surface area contributed by atoms with E-state index in [-0.39, 0.29) is 17.4 Å². The minimum Gasteiger partial charge on any atom is -0.494 e. The van der Waals surface area contributed by atoms with Crippen LogP contribution in [0.1, 0.15) is 34.0 Å². The van der Waals surface area contributed by atoms with Crippen LogP contribution in [-0.2, 0) is 0 Å². The molecule has 1 amide bonds. The Morgan fingerprint density at radius 2 is 2.03 bits per heavy atom. The second-order valence-electron chi connectivity index (χ2n) is 7.33. The molecule has 8 heteroatoms. The number of likely N-dealkylation sites (N-methyl/N-ethyl adjacent to an activating group) is 1. The average Bonchev–Trinajstić information content (AvgIpc) is 2.80. The molecule has 160 valence electrons. The van der Waals surface area contributed by atoms with Crippen molar-refractivity contribution in [2.45, 2.75) is 13.8 Å². The first kappa shape index (κ1) is 22.0. The minimum absolute atomic E-state index is 0.0528. The van der Waals surface area contributed by atoms with E-state index in [1.165, 1.54) is 6.20 Å². The van der Waals surface area contributed by atoms with E-state index in [1.54, 1.807) is 30.3 Å². The number of aliphatic hydroxyl groups excluding tert-OH is 1. The lowest BCUT2D eigenvalue weighted by Gasteiger charge is -2.34. The summed E-state index contributed by atoms with van der Waals surface area (Å²) in [5.74, 6) is 0.0727. The summed E-state index contributed by atoms with van der Waals surface area (Å²) in [4.78, 5) is 21.1. The zero-order valence-electron chi connectivity index (χ0n) is 17.7. The summed E-state index contributed by atoms with van der Waals surface area (Å²) in [6.45, 7) is 8.05. The largest absolute Gasteiger partial charge is 0.494 e. The second kappa shape index (κ2) is 9.87. The molecule has 1 aromatic heterocycles. The van der Waals surface area contributed by atoms with Gasteiger partial charge in [0.25, 0.3) is 5.91 Å². The number of hydrogen-bond donors (Lipinski definition) is 3. The molecule has 0 bridgehead atoms. The van der Waals surface area contributed by atoms with Crippen LogP contribution in [0.4, 0.5) is 5.82 Å². The number of hydrogen-bond acceptors (Lipinski definition) is 7. The Morgan fingerprint density at radius 3 is 2.58 bits per heavy atom. The average molecular weight is 419 g/mol. The van der Waals surface area contributed by atoms with E-state index >= 15 is 0 Å². The Balaban J connectivity index is 1.73. The maximum atomic E-state index is 12.7. The molecule has 1 aliphatic rings. The third-order valence-electron chi connectivity index (χ3n) is 5.41. The summed E-state index contributed by atoms with van der Waals surface area (Å²) in [6.07, 6.45) is 2.53. The first-order valence-electron chi connectivity index (χ1n) is 10.2. The van der Waals surface area contributed by atoms with Crippen LogP contribution in [0.15, 0.2) is 42.4 Å². The van der Waals surface area contributed by atoms with Crippen LogP contribution in [0.5, 0.6) is 0 Å². The molecule has 1 fully saturated rings. The summed E-state index contributed by atoms with van der Waals surface area (Å²) < 4.78 is 0. The number of allylic oxidation sites excluding steroid dienone is 1. The number of carbonyl (C=O) groups is 1. The van der Waals surface area contributed by atoms with Crippen LogP contribution in [0, 0.1) is 23.7 Å². The van der Waals surface area contributed by atoms with Crippen molar-refractivity contribution in [1.82, 2.24) is 14.8 Å². The van der Waals surface area contributed by atoms with Gasteiger partial charge in [-0.3, -0.25) is 4.79 Å². The molecule has 0 unspecified atom stereocenters. The predicted octanol–water partition coefficient (Wildman–Crippen LogP) is 3.03. The Morgan fingerprint density at radius 1 is 1.29 bits per heavy atom. The Labute approximate surface area is 181 Å². The van der Waals surface area contributed by atoms with E-state index in [0.717, 1.165) is 31.4 Å². The van der Waals surface area contributed by atoms with E-state index in [2.05, 4.69) is 28.2 Å². The van der Waals surface area contributed by atoms with Gasteiger partial charge in [0.1, 0.15) is 5.82 Å². The number of anilines is 1. The molecule has 0 atom stereocenters. The van der Waals surface area contributed by atoms with E-state index < -0.39 is 0 Å². The van der Waals surface area contributed by atoms with Gasteiger partial charge in [0, 0.05) is 38.6 Å². The highest BCUT2D eigenvalue weighted by molar-refractivity contribution is 6.10. The molecule has 0 aliphatic carbocycles. The van der Waals surface area contributed by atoms with Crippen molar-refractivity contribution in [2.24, 2.45) is 0 Å². The van der Waals surface area contributed by atoms with E-state index in [0.29, 0.717) is 35.6 Å². The number of aliphatic hydroxyl groups is 1. The summed E-state index contributed by atoms with van der Waals surface area (Å²) >= 11 is 0. The molecule has 31 heavy (non-hydrogen) atoms. The lowest BCUT2D eigenvalue weighted by molar-refractivity contribution is 0.0643. The van der Waals surface area contributed by atoms with Crippen LogP contribution in [0.2, 0.25) is 0 Å². The molecule has 0 spiro atoms. The number of nitrogens with one attached hydrogen (secondary N) is 2. The van der Waals surface area contributed by atoms with E-state index in [1.807, 2.05) is 11.8 Å². The SMILES string of the molecule is CCN1CCN(C(=O)c2ccc(N/C(O)=C(\C=N)c3ccc(C#N)cc3C)nc2)CC1. The molecule has 1 aromatic carbocycles.